The van der Waals surface area contributed by atoms with Crippen LogP contribution in [0.5, 0.6) is 0 Å². The SMILES string of the molecule is CC1CCC(C)N1c1ncccc1CN. The summed E-state index contributed by atoms with van der Waals surface area (Å²) < 4.78 is 0. The van der Waals surface area contributed by atoms with Crippen LogP contribution in [0, 0.1) is 0 Å². The van der Waals surface area contributed by atoms with E-state index < -0.39 is 0 Å². The van der Waals surface area contributed by atoms with E-state index in [0.29, 0.717) is 18.6 Å². The number of nitrogens with zero attached hydrogens (tertiary/aromatic N) is 2. The van der Waals surface area contributed by atoms with Gasteiger partial charge in [-0.1, -0.05) is 6.07 Å². The first-order valence-corrected chi connectivity index (χ1v) is 5.66. The molecule has 3 nitrogen and oxygen atoms in total. The van der Waals surface area contributed by atoms with Crippen molar-refractivity contribution in [1.29, 1.82) is 0 Å². The predicted octanol–water partition coefficient (Wildman–Crippen LogP) is 1.92. The lowest BCUT2D eigenvalue weighted by atomic mass is 10.2. The zero-order chi connectivity index (χ0) is 10.8. The van der Waals surface area contributed by atoms with E-state index in [2.05, 4.69) is 29.8 Å². The lowest BCUT2D eigenvalue weighted by Crippen LogP contribution is -2.34. The Labute approximate surface area is 91.3 Å². The molecule has 2 atom stereocenters. The van der Waals surface area contributed by atoms with Gasteiger partial charge in [0.1, 0.15) is 5.82 Å². The molecule has 1 aliphatic heterocycles. The van der Waals surface area contributed by atoms with Crippen molar-refractivity contribution >= 4 is 5.82 Å². The van der Waals surface area contributed by atoms with Gasteiger partial charge in [0.2, 0.25) is 0 Å². The molecular formula is C12H19N3. The number of pyridine rings is 1. The van der Waals surface area contributed by atoms with Gasteiger partial charge >= 0.3 is 0 Å². The zero-order valence-corrected chi connectivity index (χ0v) is 9.48. The van der Waals surface area contributed by atoms with Gasteiger partial charge in [0.05, 0.1) is 0 Å². The van der Waals surface area contributed by atoms with Crippen LogP contribution >= 0.6 is 0 Å². The number of rotatable bonds is 2. The molecule has 2 heterocycles. The van der Waals surface area contributed by atoms with Gasteiger partial charge in [-0.25, -0.2) is 4.98 Å². The molecule has 2 unspecified atom stereocenters. The first kappa shape index (κ1) is 10.4. The van der Waals surface area contributed by atoms with E-state index in [4.69, 9.17) is 5.73 Å². The van der Waals surface area contributed by atoms with Gasteiger partial charge in [0.25, 0.3) is 0 Å². The zero-order valence-electron chi connectivity index (χ0n) is 9.48. The highest BCUT2D eigenvalue weighted by Gasteiger charge is 2.29. The van der Waals surface area contributed by atoms with Gasteiger partial charge in [-0.05, 0) is 32.8 Å². The average Bonchev–Trinajstić information content (AvgIpc) is 2.59. The highest BCUT2D eigenvalue weighted by atomic mass is 15.3. The van der Waals surface area contributed by atoms with E-state index in [0.717, 1.165) is 11.4 Å². The second kappa shape index (κ2) is 4.19. The molecule has 0 bridgehead atoms. The summed E-state index contributed by atoms with van der Waals surface area (Å²) >= 11 is 0. The maximum atomic E-state index is 5.74. The maximum absolute atomic E-state index is 5.74. The highest BCUT2D eigenvalue weighted by Crippen LogP contribution is 2.30. The quantitative estimate of drug-likeness (QED) is 0.802. The summed E-state index contributed by atoms with van der Waals surface area (Å²) in [6.45, 7) is 5.09. The second-order valence-electron chi connectivity index (χ2n) is 4.37. The summed E-state index contributed by atoms with van der Waals surface area (Å²) in [5, 5.41) is 0. The summed E-state index contributed by atoms with van der Waals surface area (Å²) in [5.41, 5.74) is 6.89. The smallest absolute Gasteiger partial charge is 0.133 e. The van der Waals surface area contributed by atoms with E-state index in [-0.39, 0.29) is 0 Å². The van der Waals surface area contributed by atoms with Gasteiger partial charge in [-0.2, -0.15) is 0 Å². The average molecular weight is 205 g/mol. The van der Waals surface area contributed by atoms with Gasteiger partial charge in [0.15, 0.2) is 0 Å². The monoisotopic (exact) mass is 205 g/mol. The lowest BCUT2D eigenvalue weighted by molar-refractivity contribution is 0.678. The fourth-order valence-electron chi connectivity index (χ4n) is 2.43. The topological polar surface area (TPSA) is 42.2 Å². The lowest BCUT2D eigenvalue weighted by Gasteiger charge is -2.29. The van der Waals surface area contributed by atoms with E-state index in [1.54, 1.807) is 0 Å². The molecule has 1 fully saturated rings. The minimum atomic E-state index is 0.569. The molecular weight excluding hydrogens is 186 g/mol. The number of nitrogens with two attached hydrogens (primary N) is 1. The molecule has 3 heteroatoms. The summed E-state index contributed by atoms with van der Waals surface area (Å²) in [4.78, 5) is 6.88. The fourth-order valence-corrected chi connectivity index (χ4v) is 2.43. The third-order valence-corrected chi connectivity index (χ3v) is 3.28. The molecule has 1 aromatic rings. The van der Waals surface area contributed by atoms with E-state index in [1.807, 2.05) is 12.3 Å². The van der Waals surface area contributed by atoms with Gasteiger partial charge in [0, 0.05) is 30.4 Å². The normalized spacial score (nSPS) is 25.9. The van der Waals surface area contributed by atoms with Crippen molar-refractivity contribution in [2.75, 3.05) is 4.90 Å². The van der Waals surface area contributed by atoms with Crippen LogP contribution in [-0.2, 0) is 6.54 Å². The minimum Gasteiger partial charge on any atom is -0.351 e. The Kier molecular flexibility index (Phi) is 2.91. The minimum absolute atomic E-state index is 0.569. The molecule has 0 amide bonds. The number of aromatic nitrogens is 1. The predicted molar refractivity (Wildman–Crippen MR) is 62.8 cm³/mol. The van der Waals surface area contributed by atoms with E-state index in [1.165, 1.54) is 12.8 Å². The Bertz CT molecular complexity index is 327. The molecule has 2 rings (SSSR count). The summed E-state index contributed by atoms with van der Waals surface area (Å²) in [5.74, 6) is 1.08. The number of anilines is 1. The number of hydrogen-bond donors (Lipinski definition) is 1. The van der Waals surface area contributed by atoms with Crippen LogP contribution < -0.4 is 10.6 Å². The molecule has 2 N–H and O–H groups in total. The van der Waals surface area contributed by atoms with Crippen molar-refractivity contribution in [3.05, 3.63) is 23.9 Å². The molecule has 82 valence electrons. The van der Waals surface area contributed by atoms with Crippen molar-refractivity contribution in [3.63, 3.8) is 0 Å². The third kappa shape index (κ3) is 1.84. The fraction of sp³-hybridized carbons (Fsp3) is 0.583. The Balaban J connectivity index is 2.35. The Morgan fingerprint density at radius 1 is 1.40 bits per heavy atom. The third-order valence-electron chi connectivity index (χ3n) is 3.28. The molecule has 0 aromatic carbocycles. The van der Waals surface area contributed by atoms with E-state index in [9.17, 15) is 0 Å². The summed E-state index contributed by atoms with van der Waals surface area (Å²) in [6, 6.07) is 5.19. The van der Waals surface area contributed by atoms with Crippen molar-refractivity contribution in [2.24, 2.45) is 5.73 Å². The standard InChI is InChI=1S/C12H19N3/c1-9-5-6-10(2)15(9)12-11(8-13)4-3-7-14-12/h3-4,7,9-10H,5-6,8,13H2,1-2H3. The molecule has 1 saturated heterocycles. The summed E-state index contributed by atoms with van der Waals surface area (Å²) in [6.07, 6.45) is 4.36. The first-order chi connectivity index (χ1) is 7.24. The highest BCUT2D eigenvalue weighted by molar-refractivity contribution is 5.49. The van der Waals surface area contributed by atoms with Crippen LogP contribution in [0.1, 0.15) is 32.3 Å². The van der Waals surface area contributed by atoms with E-state index >= 15 is 0 Å². The van der Waals surface area contributed by atoms with Crippen molar-refractivity contribution in [1.82, 2.24) is 4.98 Å². The van der Waals surface area contributed by atoms with Gasteiger partial charge < -0.3 is 10.6 Å². The Morgan fingerprint density at radius 3 is 2.67 bits per heavy atom. The van der Waals surface area contributed by atoms with Crippen molar-refractivity contribution < 1.29 is 0 Å². The van der Waals surface area contributed by atoms with Crippen LogP contribution in [0.15, 0.2) is 18.3 Å². The number of hydrogen-bond acceptors (Lipinski definition) is 3. The van der Waals surface area contributed by atoms with Gasteiger partial charge in [-0.15, -0.1) is 0 Å². The van der Waals surface area contributed by atoms with Crippen LogP contribution in [-0.4, -0.2) is 17.1 Å². The Morgan fingerprint density at radius 2 is 2.07 bits per heavy atom. The molecule has 1 aromatic heterocycles. The molecule has 15 heavy (non-hydrogen) atoms. The Hall–Kier alpha value is -1.09. The molecule has 1 aliphatic rings. The van der Waals surface area contributed by atoms with Gasteiger partial charge in [-0.3, -0.25) is 0 Å². The van der Waals surface area contributed by atoms with Crippen LogP contribution in [0.25, 0.3) is 0 Å². The van der Waals surface area contributed by atoms with Crippen LogP contribution in [0.4, 0.5) is 5.82 Å². The first-order valence-electron chi connectivity index (χ1n) is 5.66. The molecule has 0 spiro atoms. The second-order valence-corrected chi connectivity index (χ2v) is 4.37. The largest absolute Gasteiger partial charge is 0.351 e. The van der Waals surface area contributed by atoms with Crippen LogP contribution in [0.2, 0.25) is 0 Å². The summed E-state index contributed by atoms with van der Waals surface area (Å²) in [7, 11) is 0. The molecule has 0 aliphatic carbocycles. The van der Waals surface area contributed by atoms with Crippen molar-refractivity contribution in [3.8, 4) is 0 Å². The van der Waals surface area contributed by atoms with Crippen molar-refractivity contribution in [2.45, 2.75) is 45.3 Å². The molecule has 0 radical (unpaired) electrons. The molecule has 0 saturated carbocycles. The van der Waals surface area contributed by atoms with Crippen LogP contribution in [0.3, 0.4) is 0 Å². The maximum Gasteiger partial charge on any atom is 0.133 e.